The Kier molecular flexibility index (Phi) is 6.48. The molecule has 168 valence electrons. The lowest BCUT2D eigenvalue weighted by Crippen LogP contribution is -2.29. The number of aromatic nitrogens is 1. The molecule has 1 aliphatic rings. The second-order valence-corrected chi connectivity index (χ2v) is 7.96. The predicted molar refractivity (Wildman–Crippen MR) is 120 cm³/mol. The van der Waals surface area contributed by atoms with E-state index in [1.165, 1.54) is 6.07 Å². The number of pyridine rings is 1. The molecule has 2 amide bonds. The zero-order valence-corrected chi connectivity index (χ0v) is 17.6. The van der Waals surface area contributed by atoms with Gasteiger partial charge < -0.3 is 15.5 Å². The van der Waals surface area contributed by atoms with Crippen LogP contribution < -0.4 is 15.5 Å². The van der Waals surface area contributed by atoms with Crippen LogP contribution in [0.4, 0.5) is 29.3 Å². The summed E-state index contributed by atoms with van der Waals surface area (Å²) >= 11 is 0. The van der Waals surface area contributed by atoms with Crippen LogP contribution in [0.5, 0.6) is 0 Å². The molecule has 1 saturated heterocycles. The van der Waals surface area contributed by atoms with Crippen molar-refractivity contribution in [2.75, 3.05) is 23.3 Å². The van der Waals surface area contributed by atoms with E-state index in [2.05, 4.69) is 15.6 Å². The average Bonchev–Trinajstić information content (AvgIpc) is 3.07. The summed E-state index contributed by atoms with van der Waals surface area (Å²) in [5.74, 6) is 0. The lowest BCUT2D eigenvalue weighted by atomic mass is 10.1. The van der Waals surface area contributed by atoms with Gasteiger partial charge in [0.2, 0.25) is 0 Å². The number of carbonyl (C=O) groups is 1. The standard InChI is InChI=1S/C24H25F3N4O/c25-24(26,27)20-14-17(8-9-22(20)31-12-3-1-2-4-13-31)15-29-23(32)30-21-7-5-6-18-16-28-11-10-19(18)21/h5-11,14,16H,1-4,12-13,15H2,(H2,29,30,32). The summed E-state index contributed by atoms with van der Waals surface area (Å²) in [5.41, 5.74) is 0.570. The second-order valence-electron chi connectivity index (χ2n) is 7.96. The van der Waals surface area contributed by atoms with E-state index in [9.17, 15) is 18.0 Å². The quantitative estimate of drug-likeness (QED) is 0.525. The van der Waals surface area contributed by atoms with Gasteiger partial charge in [0, 0.05) is 48.5 Å². The van der Waals surface area contributed by atoms with E-state index in [4.69, 9.17) is 0 Å². The molecule has 8 heteroatoms. The van der Waals surface area contributed by atoms with Crippen molar-refractivity contribution in [1.29, 1.82) is 0 Å². The van der Waals surface area contributed by atoms with E-state index < -0.39 is 17.8 Å². The SMILES string of the molecule is O=C(NCc1ccc(N2CCCCCC2)c(C(F)(F)F)c1)Nc1cccc2cnccc12. The average molecular weight is 442 g/mol. The largest absolute Gasteiger partial charge is 0.418 e. The van der Waals surface area contributed by atoms with Gasteiger partial charge in [0.25, 0.3) is 0 Å². The summed E-state index contributed by atoms with van der Waals surface area (Å²) in [4.78, 5) is 18.3. The molecule has 5 nitrogen and oxygen atoms in total. The first-order valence-corrected chi connectivity index (χ1v) is 10.7. The molecule has 0 atom stereocenters. The highest BCUT2D eigenvalue weighted by Crippen LogP contribution is 2.38. The number of rotatable bonds is 4. The molecule has 0 spiro atoms. The topological polar surface area (TPSA) is 57.3 Å². The van der Waals surface area contributed by atoms with Gasteiger partial charge >= 0.3 is 12.2 Å². The number of benzene rings is 2. The van der Waals surface area contributed by atoms with Crippen molar-refractivity contribution < 1.29 is 18.0 Å². The summed E-state index contributed by atoms with van der Waals surface area (Å²) in [6.45, 7) is 1.24. The third kappa shape index (κ3) is 5.12. The summed E-state index contributed by atoms with van der Waals surface area (Å²) in [5, 5.41) is 7.13. The maximum Gasteiger partial charge on any atom is 0.418 e. The summed E-state index contributed by atoms with van der Waals surface area (Å²) in [7, 11) is 0. The van der Waals surface area contributed by atoms with Crippen molar-refractivity contribution in [3.63, 3.8) is 0 Å². The van der Waals surface area contributed by atoms with Crippen LogP contribution in [0.1, 0.15) is 36.8 Å². The van der Waals surface area contributed by atoms with Crippen LogP contribution >= 0.6 is 0 Å². The van der Waals surface area contributed by atoms with Crippen LogP contribution in [0.15, 0.2) is 54.9 Å². The van der Waals surface area contributed by atoms with Crippen molar-refractivity contribution in [3.8, 4) is 0 Å². The fourth-order valence-corrected chi connectivity index (χ4v) is 4.09. The molecule has 2 N–H and O–H groups in total. The molecule has 2 aromatic carbocycles. The van der Waals surface area contributed by atoms with E-state index in [-0.39, 0.29) is 12.2 Å². The molecule has 32 heavy (non-hydrogen) atoms. The fraction of sp³-hybridized carbons (Fsp3) is 0.333. The minimum atomic E-state index is -4.46. The normalized spacial score (nSPS) is 14.8. The first-order chi connectivity index (χ1) is 15.4. The van der Waals surface area contributed by atoms with Gasteiger partial charge in [-0.2, -0.15) is 13.2 Å². The highest BCUT2D eigenvalue weighted by molar-refractivity contribution is 6.01. The number of anilines is 2. The van der Waals surface area contributed by atoms with Gasteiger partial charge in [-0.25, -0.2) is 4.79 Å². The molecule has 1 aromatic heterocycles. The Morgan fingerprint density at radius 2 is 1.81 bits per heavy atom. The number of carbonyl (C=O) groups excluding carboxylic acids is 1. The molecule has 0 unspecified atom stereocenters. The van der Waals surface area contributed by atoms with Gasteiger partial charge in [-0.15, -0.1) is 0 Å². The molecule has 3 aromatic rings. The van der Waals surface area contributed by atoms with Crippen LogP contribution in [-0.2, 0) is 12.7 Å². The predicted octanol–water partition coefficient (Wildman–Crippen LogP) is 5.96. The molecule has 0 bridgehead atoms. The minimum absolute atomic E-state index is 0.0124. The molecule has 0 radical (unpaired) electrons. The number of hydrogen-bond acceptors (Lipinski definition) is 3. The van der Waals surface area contributed by atoms with Gasteiger partial charge in [0.1, 0.15) is 0 Å². The number of alkyl halides is 3. The lowest BCUT2D eigenvalue weighted by Gasteiger charge is -2.26. The van der Waals surface area contributed by atoms with E-state index in [0.717, 1.165) is 42.5 Å². The Morgan fingerprint density at radius 1 is 1.03 bits per heavy atom. The van der Waals surface area contributed by atoms with Crippen LogP contribution in [0.25, 0.3) is 10.8 Å². The van der Waals surface area contributed by atoms with Crippen LogP contribution in [0, 0.1) is 0 Å². The van der Waals surface area contributed by atoms with Gasteiger partial charge in [-0.1, -0.05) is 31.0 Å². The van der Waals surface area contributed by atoms with Gasteiger partial charge in [0.15, 0.2) is 0 Å². The van der Waals surface area contributed by atoms with Crippen LogP contribution in [0.2, 0.25) is 0 Å². The molecule has 0 saturated carbocycles. The van der Waals surface area contributed by atoms with E-state index in [0.29, 0.717) is 24.3 Å². The zero-order valence-electron chi connectivity index (χ0n) is 17.6. The molecule has 4 rings (SSSR count). The lowest BCUT2D eigenvalue weighted by molar-refractivity contribution is -0.137. The van der Waals surface area contributed by atoms with E-state index in [1.54, 1.807) is 36.7 Å². The Labute approximate surface area is 184 Å². The number of urea groups is 1. The smallest absolute Gasteiger partial charge is 0.371 e. The number of fused-ring (bicyclic) bond motifs is 1. The summed E-state index contributed by atoms with van der Waals surface area (Å²) in [6.07, 6.45) is 2.75. The summed E-state index contributed by atoms with van der Waals surface area (Å²) < 4.78 is 41.4. The molecular weight excluding hydrogens is 417 g/mol. The van der Waals surface area contributed by atoms with Crippen molar-refractivity contribution in [2.45, 2.75) is 38.4 Å². The van der Waals surface area contributed by atoms with Gasteiger partial charge in [0.05, 0.1) is 11.3 Å². The monoisotopic (exact) mass is 442 g/mol. The third-order valence-electron chi connectivity index (χ3n) is 5.70. The number of hydrogen-bond donors (Lipinski definition) is 2. The van der Waals surface area contributed by atoms with Crippen molar-refractivity contribution in [3.05, 3.63) is 66.0 Å². The number of amides is 2. The molecular formula is C24H25F3N4O. The second kappa shape index (κ2) is 9.46. The van der Waals surface area contributed by atoms with Crippen LogP contribution in [0.3, 0.4) is 0 Å². The minimum Gasteiger partial charge on any atom is -0.371 e. The number of nitrogens with zero attached hydrogens (tertiary/aromatic N) is 2. The highest BCUT2D eigenvalue weighted by Gasteiger charge is 2.35. The van der Waals surface area contributed by atoms with E-state index in [1.807, 2.05) is 11.0 Å². The Hall–Kier alpha value is -3.29. The van der Waals surface area contributed by atoms with Crippen molar-refractivity contribution in [2.24, 2.45) is 0 Å². The molecule has 2 heterocycles. The van der Waals surface area contributed by atoms with Crippen molar-refractivity contribution >= 4 is 28.2 Å². The first kappa shape index (κ1) is 21.9. The highest BCUT2D eigenvalue weighted by atomic mass is 19.4. The Bertz CT molecular complexity index is 1090. The maximum atomic E-state index is 13.8. The van der Waals surface area contributed by atoms with Crippen LogP contribution in [-0.4, -0.2) is 24.1 Å². The Morgan fingerprint density at radius 3 is 2.56 bits per heavy atom. The molecule has 1 aliphatic heterocycles. The maximum absolute atomic E-state index is 13.8. The van der Waals surface area contributed by atoms with Gasteiger partial charge in [-0.3, -0.25) is 4.98 Å². The van der Waals surface area contributed by atoms with Gasteiger partial charge in [-0.05, 0) is 42.7 Å². The molecule has 0 aliphatic carbocycles. The molecule has 1 fully saturated rings. The third-order valence-corrected chi connectivity index (χ3v) is 5.70. The Balaban J connectivity index is 1.47. The number of nitrogens with one attached hydrogen (secondary N) is 2. The van der Waals surface area contributed by atoms with Crippen molar-refractivity contribution in [1.82, 2.24) is 10.3 Å². The fourth-order valence-electron chi connectivity index (χ4n) is 4.09. The number of halogens is 3. The first-order valence-electron chi connectivity index (χ1n) is 10.7. The van der Waals surface area contributed by atoms with E-state index >= 15 is 0 Å². The zero-order chi connectivity index (χ0) is 22.6. The summed E-state index contributed by atoms with van der Waals surface area (Å²) in [6, 6.07) is 11.1.